The van der Waals surface area contributed by atoms with Crippen LogP contribution in [0.3, 0.4) is 0 Å². The minimum atomic E-state index is 0.523. The van der Waals surface area contributed by atoms with Crippen LogP contribution in [0, 0.1) is 6.92 Å². The second kappa shape index (κ2) is 7.01. The molecule has 0 aliphatic rings. The zero-order chi connectivity index (χ0) is 17.9. The number of fused-ring (bicyclic) bond motifs is 1. The van der Waals surface area contributed by atoms with Crippen LogP contribution in [-0.2, 0) is 0 Å². The first-order valence-corrected chi connectivity index (χ1v) is 9.04. The van der Waals surface area contributed by atoms with Gasteiger partial charge in [-0.25, -0.2) is 4.68 Å². The summed E-state index contributed by atoms with van der Waals surface area (Å²) in [7, 11) is 0. The molecular weight excluding hydrogens is 346 g/mol. The molecule has 0 amide bonds. The maximum absolute atomic E-state index is 6.00. The lowest BCUT2D eigenvalue weighted by atomic mass is 10.2. The molecule has 0 unspecified atom stereocenters. The molecule has 0 saturated heterocycles. The van der Waals surface area contributed by atoms with Crippen LogP contribution in [0.2, 0.25) is 0 Å². The average Bonchev–Trinajstić information content (AvgIpc) is 3.35. The van der Waals surface area contributed by atoms with Gasteiger partial charge >= 0.3 is 0 Å². The number of hydrogen-bond donors (Lipinski definition) is 0. The van der Waals surface area contributed by atoms with Crippen molar-refractivity contribution in [3.8, 4) is 11.5 Å². The topological polar surface area (TPSA) is 55.9 Å². The Kier molecular flexibility index (Phi) is 4.41. The monoisotopic (exact) mass is 363 g/mol. The average molecular weight is 363 g/mol. The second-order valence-corrected chi connectivity index (χ2v) is 6.52. The number of nitrogens with zero attached hydrogens (tertiary/aromatic N) is 3. The predicted molar refractivity (Wildman–Crippen MR) is 105 cm³/mol. The molecule has 0 aliphatic heterocycles. The Balaban J connectivity index is 1.82. The van der Waals surface area contributed by atoms with Crippen molar-refractivity contribution in [2.45, 2.75) is 6.92 Å². The fraction of sp³-hybridized carbons (Fsp3) is 0.100. The molecule has 4 rings (SSSR count). The van der Waals surface area contributed by atoms with Crippen molar-refractivity contribution >= 4 is 28.5 Å². The van der Waals surface area contributed by atoms with E-state index in [0.29, 0.717) is 12.3 Å². The standard InChI is InChI=1S/C20H17N3O2S/c1-3-10-21-20-23(22-12-16-9-8-14(2)24-16)17(13-26-20)19-11-15-6-4-5-7-18(15)25-19/h3-9,11-13H,1,10H2,2H3. The van der Waals surface area contributed by atoms with Crippen LogP contribution < -0.4 is 4.80 Å². The normalized spacial score (nSPS) is 12.4. The first kappa shape index (κ1) is 16.4. The van der Waals surface area contributed by atoms with Gasteiger partial charge in [0.2, 0.25) is 4.80 Å². The molecule has 0 spiro atoms. The van der Waals surface area contributed by atoms with Gasteiger partial charge in [0.25, 0.3) is 0 Å². The molecule has 0 saturated carbocycles. The molecule has 0 N–H and O–H groups in total. The number of aryl methyl sites for hydroxylation is 1. The van der Waals surface area contributed by atoms with Gasteiger partial charge in [0.05, 0.1) is 12.8 Å². The Morgan fingerprint density at radius 2 is 2.08 bits per heavy atom. The summed E-state index contributed by atoms with van der Waals surface area (Å²) >= 11 is 1.51. The molecule has 0 atom stereocenters. The molecule has 3 heterocycles. The first-order chi connectivity index (χ1) is 12.7. The molecule has 4 aromatic rings. The quantitative estimate of drug-likeness (QED) is 0.376. The van der Waals surface area contributed by atoms with Gasteiger partial charge in [-0.15, -0.1) is 17.9 Å². The van der Waals surface area contributed by atoms with E-state index in [1.807, 2.05) is 54.8 Å². The Morgan fingerprint density at radius 1 is 1.19 bits per heavy atom. The van der Waals surface area contributed by atoms with Crippen LogP contribution in [0.5, 0.6) is 0 Å². The third-order valence-corrected chi connectivity index (χ3v) is 4.63. The van der Waals surface area contributed by atoms with E-state index >= 15 is 0 Å². The molecule has 130 valence electrons. The Morgan fingerprint density at radius 3 is 2.85 bits per heavy atom. The summed E-state index contributed by atoms with van der Waals surface area (Å²) < 4.78 is 13.3. The molecule has 5 nitrogen and oxygen atoms in total. The fourth-order valence-electron chi connectivity index (χ4n) is 2.58. The third kappa shape index (κ3) is 3.19. The Hall–Kier alpha value is -3.12. The molecule has 0 fully saturated rings. The number of para-hydroxylation sites is 1. The molecular formula is C20H17N3O2S. The Labute approximate surface area is 154 Å². The van der Waals surface area contributed by atoms with Gasteiger partial charge in [0.15, 0.2) is 5.76 Å². The van der Waals surface area contributed by atoms with E-state index in [1.165, 1.54) is 11.3 Å². The maximum Gasteiger partial charge on any atom is 0.206 e. The fourth-order valence-corrected chi connectivity index (χ4v) is 3.41. The van der Waals surface area contributed by atoms with E-state index in [1.54, 1.807) is 17.0 Å². The number of thiazole rings is 1. The number of hydrogen-bond acceptors (Lipinski definition) is 5. The summed E-state index contributed by atoms with van der Waals surface area (Å²) in [5, 5.41) is 7.61. The summed E-state index contributed by atoms with van der Waals surface area (Å²) in [6.07, 6.45) is 3.43. The highest BCUT2D eigenvalue weighted by molar-refractivity contribution is 7.07. The van der Waals surface area contributed by atoms with E-state index < -0.39 is 0 Å². The van der Waals surface area contributed by atoms with Crippen LogP contribution in [0.25, 0.3) is 22.4 Å². The number of benzene rings is 1. The molecule has 0 radical (unpaired) electrons. The van der Waals surface area contributed by atoms with Crippen molar-refractivity contribution in [3.05, 3.63) is 76.8 Å². The number of furan rings is 2. The van der Waals surface area contributed by atoms with Crippen molar-refractivity contribution in [3.63, 3.8) is 0 Å². The van der Waals surface area contributed by atoms with Gasteiger partial charge in [-0.3, -0.25) is 4.99 Å². The molecule has 6 heteroatoms. The lowest BCUT2D eigenvalue weighted by Crippen LogP contribution is -2.12. The lowest BCUT2D eigenvalue weighted by molar-refractivity contribution is 0.527. The SMILES string of the molecule is C=CCN=c1scc(-c2cc3ccccc3o2)n1N=Cc1ccc(C)o1. The molecule has 3 aromatic heterocycles. The number of aromatic nitrogens is 1. The van der Waals surface area contributed by atoms with Gasteiger partial charge in [-0.05, 0) is 31.2 Å². The highest BCUT2D eigenvalue weighted by Gasteiger charge is 2.12. The predicted octanol–water partition coefficient (Wildman–Crippen LogP) is 4.83. The zero-order valence-corrected chi connectivity index (χ0v) is 15.1. The maximum atomic E-state index is 6.00. The van der Waals surface area contributed by atoms with Crippen LogP contribution in [0.1, 0.15) is 11.5 Å². The number of rotatable bonds is 5. The Bertz CT molecular complexity index is 1120. The summed E-state index contributed by atoms with van der Waals surface area (Å²) in [6.45, 7) is 6.15. The highest BCUT2D eigenvalue weighted by atomic mass is 32.1. The van der Waals surface area contributed by atoms with Crippen molar-refractivity contribution < 1.29 is 8.83 Å². The van der Waals surface area contributed by atoms with E-state index in [2.05, 4.69) is 16.7 Å². The molecule has 1 aromatic carbocycles. The third-order valence-electron chi connectivity index (χ3n) is 3.78. The minimum absolute atomic E-state index is 0.523. The van der Waals surface area contributed by atoms with Crippen LogP contribution in [-0.4, -0.2) is 17.4 Å². The summed E-state index contributed by atoms with van der Waals surface area (Å²) in [6, 6.07) is 13.7. The van der Waals surface area contributed by atoms with Gasteiger partial charge in [0, 0.05) is 10.8 Å². The van der Waals surface area contributed by atoms with Gasteiger partial charge in [0.1, 0.15) is 22.8 Å². The smallest absolute Gasteiger partial charge is 0.206 e. The summed E-state index contributed by atoms with van der Waals surface area (Å²) in [4.78, 5) is 5.28. The minimum Gasteiger partial charge on any atom is -0.460 e. The van der Waals surface area contributed by atoms with Crippen molar-refractivity contribution in [2.24, 2.45) is 10.1 Å². The van der Waals surface area contributed by atoms with Crippen molar-refractivity contribution in [2.75, 3.05) is 6.54 Å². The first-order valence-electron chi connectivity index (χ1n) is 8.16. The van der Waals surface area contributed by atoms with Crippen molar-refractivity contribution in [1.29, 1.82) is 0 Å². The molecule has 0 aliphatic carbocycles. The van der Waals surface area contributed by atoms with Gasteiger partial charge in [-0.1, -0.05) is 24.3 Å². The molecule has 26 heavy (non-hydrogen) atoms. The van der Waals surface area contributed by atoms with Crippen LogP contribution in [0.4, 0.5) is 0 Å². The van der Waals surface area contributed by atoms with Gasteiger partial charge < -0.3 is 8.83 Å². The van der Waals surface area contributed by atoms with Crippen LogP contribution >= 0.6 is 11.3 Å². The lowest BCUT2D eigenvalue weighted by Gasteiger charge is -1.99. The van der Waals surface area contributed by atoms with Gasteiger partial charge in [-0.2, -0.15) is 5.10 Å². The molecule has 0 bridgehead atoms. The van der Waals surface area contributed by atoms with E-state index in [-0.39, 0.29) is 0 Å². The van der Waals surface area contributed by atoms with Crippen LogP contribution in [0.15, 0.2) is 79.4 Å². The van der Waals surface area contributed by atoms with E-state index in [4.69, 9.17) is 8.83 Å². The zero-order valence-electron chi connectivity index (χ0n) is 14.3. The van der Waals surface area contributed by atoms with Crippen molar-refractivity contribution in [1.82, 2.24) is 4.68 Å². The summed E-state index contributed by atoms with van der Waals surface area (Å²) in [5.74, 6) is 2.28. The second-order valence-electron chi connectivity index (χ2n) is 5.69. The highest BCUT2D eigenvalue weighted by Crippen LogP contribution is 2.28. The largest absolute Gasteiger partial charge is 0.460 e. The van der Waals surface area contributed by atoms with E-state index in [0.717, 1.165) is 33.0 Å². The van der Waals surface area contributed by atoms with E-state index in [9.17, 15) is 0 Å². The summed E-state index contributed by atoms with van der Waals surface area (Å²) in [5.41, 5.74) is 1.68.